The summed E-state index contributed by atoms with van der Waals surface area (Å²) >= 11 is 0. The Labute approximate surface area is 86.7 Å². The number of aliphatic hydroxyl groups is 1. The zero-order chi connectivity index (χ0) is 9.80. The van der Waals surface area contributed by atoms with E-state index in [4.69, 9.17) is 5.11 Å². The molecule has 3 nitrogen and oxygen atoms in total. The van der Waals surface area contributed by atoms with Gasteiger partial charge < -0.3 is 10.0 Å². The van der Waals surface area contributed by atoms with Crippen molar-refractivity contribution in [3.8, 4) is 0 Å². The number of nitrogens with zero attached hydrogens (tertiary/aromatic N) is 2. The van der Waals surface area contributed by atoms with Gasteiger partial charge in [0.25, 0.3) is 0 Å². The molecule has 14 heavy (non-hydrogen) atoms. The van der Waals surface area contributed by atoms with Gasteiger partial charge in [-0.15, -0.1) is 0 Å². The Balaban J connectivity index is 1.69. The predicted molar refractivity (Wildman–Crippen MR) is 57.3 cm³/mol. The average Bonchev–Trinajstić information content (AvgIpc) is 2.97. The number of aliphatic hydroxyl groups excluding tert-OH is 1. The smallest absolute Gasteiger partial charge is 0.0558 e. The molecular formula is C11H22N2O. The van der Waals surface area contributed by atoms with Crippen LogP contribution in [0.2, 0.25) is 0 Å². The molecule has 1 saturated heterocycles. The Hall–Kier alpha value is -0.120. The molecule has 0 aromatic carbocycles. The third-order valence-corrected chi connectivity index (χ3v) is 3.31. The van der Waals surface area contributed by atoms with Crippen LogP contribution in [0, 0.1) is 5.92 Å². The van der Waals surface area contributed by atoms with E-state index in [1.807, 2.05) is 0 Å². The van der Waals surface area contributed by atoms with Gasteiger partial charge in [-0.25, -0.2) is 0 Å². The Morgan fingerprint density at radius 1 is 1.00 bits per heavy atom. The van der Waals surface area contributed by atoms with Gasteiger partial charge in [0.2, 0.25) is 0 Å². The molecule has 1 saturated carbocycles. The molecule has 1 aliphatic heterocycles. The lowest BCUT2D eigenvalue weighted by molar-refractivity contribution is 0.196. The van der Waals surface area contributed by atoms with Gasteiger partial charge in [-0.2, -0.15) is 0 Å². The van der Waals surface area contributed by atoms with E-state index in [2.05, 4.69) is 9.80 Å². The van der Waals surface area contributed by atoms with Crippen LogP contribution < -0.4 is 0 Å². The Morgan fingerprint density at radius 3 is 2.43 bits per heavy atom. The molecule has 2 fully saturated rings. The highest BCUT2D eigenvalue weighted by atomic mass is 16.3. The van der Waals surface area contributed by atoms with Gasteiger partial charge in [0.05, 0.1) is 6.61 Å². The largest absolute Gasteiger partial charge is 0.395 e. The fraction of sp³-hybridized carbons (Fsp3) is 1.00. The quantitative estimate of drug-likeness (QED) is 0.708. The maximum absolute atomic E-state index is 8.88. The van der Waals surface area contributed by atoms with Gasteiger partial charge in [-0.3, -0.25) is 4.90 Å². The van der Waals surface area contributed by atoms with Crippen LogP contribution in [-0.2, 0) is 0 Å². The van der Waals surface area contributed by atoms with Gasteiger partial charge in [-0.1, -0.05) is 0 Å². The lowest BCUT2D eigenvalue weighted by atomic mass is 10.3. The number of hydrogen-bond acceptors (Lipinski definition) is 3. The zero-order valence-corrected chi connectivity index (χ0v) is 8.99. The molecule has 2 aliphatic rings. The van der Waals surface area contributed by atoms with Crippen molar-refractivity contribution >= 4 is 0 Å². The Kier molecular flexibility index (Phi) is 3.79. The van der Waals surface area contributed by atoms with Crippen LogP contribution in [0.1, 0.15) is 19.3 Å². The Morgan fingerprint density at radius 2 is 1.71 bits per heavy atom. The van der Waals surface area contributed by atoms with E-state index in [9.17, 15) is 0 Å². The molecule has 1 N–H and O–H groups in total. The van der Waals surface area contributed by atoms with Crippen molar-refractivity contribution in [2.45, 2.75) is 19.3 Å². The standard InChI is InChI=1S/C11H22N2O/c14-9-8-12-4-1-5-13(7-6-12)10-11-2-3-11/h11,14H,1-10H2. The lowest BCUT2D eigenvalue weighted by Gasteiger charge is -2.20. The molecule has 2 rings (SSSR count). The van der Waals surface area contributed by atoms with Crippen LogP contribution >= 0.6 is 0 Å². The number of β-amino-alcohol motifs (C(OH)–C–C–N with tert-alkyl or cyclic N) is 1. The van der Waals surface area contributed by atoms with Gasteiger partial charge in [-0.05, 0) is 38.3 Å². The second-order valence-electron chi connectivity index (χ2n) is 4.66. The van der Waals surface area contributed by atoms with Crippen molar-refractivity contribution in [2.24, 2.45) is 5.92 Å². The third kappa shape index (κ3) is 3.23. The summed E-state index contributed by atoms with van der Waals surface area (Å²) in [6.07, 6.45) is 4.18. The molecule has 1 aliphatic carbocycles. The number of hydrogen-bond donors (Lipinski definition) is 1. The van der Waals surface area contributed by atoms with Gasteiger partial charge in [0.15, 0.2) is 0 Å². The summed E-state index contributed by atoms with van der Waals surface area (Å²) in [4.78, 5) is 4.99. The maximum atomic E-state index is 8.88. The van der Waals surface area contributed by atoms with E-state index in [0.29, 0.717) is 6.61 Å². The highest BCUT2D eigenvalue weighted by molar-refractivity contribution is 4.79. The van der Waals surface area contributed by atoms with Crippen molar-refractivity contribution in [3.05, 3.63) is 0 Å². The van der Waals surface area contributed by atoms with E-state index in [0.717, 1.165) is 19.0 Å². The summed E-state index contributed by atoms with van der Waals surface area (Å²) in [5.74, 6) is 1.01. The second-order valence-corrected chi connectivity index (χ2v) is 4.66. The molecule has 0 amide bonds. The fourth-order valence-corrected chi connectivity index (χ4v) is 2.24. The molecule has 0 bridgehead atoms. The van der Waals surface area contributed by atoms with Crippen LogP contribution in [-0.4, -0.2) is 60.8 Å². The van der Waals surface area contributed by atoms with E-state index in [1.165, 1.54) is 45.4 Å². The van der Waals surface area contributed by atoms with Crippen LogP contribution in [0.5, 0.6) is 0 Å². The molecule has 0 atom stereocenters. The normalized spacial score (nSPS) is 26.4. The molecule has 0 unspecified atom stereocenters. The molecule has 0 radical (unpaired) electrons. The first-order valence-corrected chi connectivity index (χ1v) is 5.94. The van der Waals surface area contributed by atoms with Gasteiger partial charge in [0, 0.05) is 26.2 Å². The third-order valence-electron chi connectivity index (χ3n) is 3.31. The maximum Gasteiger partial charge on any atom is 0.0558 e. The van der Waals surface area contributed by atoms with Crippen molar-refractivity contribution in [3.63, 3.8) is 0 Å². The van der Waals surface area contributed by atoms with Gasteiger partial charge in [0.1, 0.15) is 0 Å². The number of rotatable bonds is 4. The van der Waals surface area contributed by atoms with Crippen LogP contribution in [0.25, 0.3) is 0 Å². The fourth-order valence-electron chi connectivity index (χ4n) is 2.24. The monoisotopic (exact) mass is 198 g/mol. The average molecular weight is 198 g/mol. The summed E-state index contributed by atoms with van der Waals surface area (Å²) in [5.41, 5.74) is 0. The summed E-state index contributed by atoms with van der Waals surface area (Å²) in [5, 5.41) is 8.88. The molecule has 82 valence electrons. The molecule has 1 heterocycles. The minimum absolute atomic E-state index is 0.308. The summed E-state index contributed by atoms with van der Waals surface area (Å²) in [6, 6.07) is 0. The van der Waals surface area contributed by atoms with Gasteiger partial charge >= 0.3 is 0 Å². The van der Waals surface area contributed by atoms with E-state index in [1.54, 1.807) is 0 Å². The molecule has 0 spiro atoms. The summed E-state index contributed by atoms with van der Waals surface area (Å²) in [6.45, 7) is 7.27. The minimum Gasteiger partial charge on any atom is -0.395 e. The van der Waals surface area contributed by atoms with E-state index >= 15 is 0 Å². The summed E-state index contributed by atoms with van der Waals surface area (Å²) < 4.78 is 0. The summed E-state index contributed by atoms with van der Waals surface area (Å²) in [7, 11) is 0. The molecule has 0 aromatic rings. The molecule has 3 heteroatoms. The second kappa shape index (κ2) is 5.10. The van der Waals surface area contributed by atoms with Crippen molar-refractivity contribution in [1.82, 2.24) is 9.80 Å². The highest BCUT2D eigenvalue weighted by Crippen LogP contribution is 2.29. The first-order valence-electron chi connectivity index (χ1n) is 5.94. The van der Waals surface area contributed by atoms with Crippen molar-refractivity contribution in [2.75, 3.05) is 45.9 Å². The first kappa shape index (κ1) is 10.4. The van der Waals surface area contributed by atoms with Crippen LogP contribution in [0.4, 0.5) is 0 Å². The molecule has 0 aromatic heterocycles. The van der Waals surface area contributed by atoms with E-state index in [-0.39, 0.29) is 0 Å². The minimum atomic E-state index is 0.308. The highest BCUT2D eigenvalue weighted by Gasteiger charge is 2.25. The predicted octanol–water partition coefficient (Wildman–Crippen LogP) is 0.396. The van der Waals surface area contributed by atoms with Crippen LogP contribution in [0.3, 0.4) is 0 Å². The van der Waals surface area contributed by atoms with Crippen molar-refractivity contribution in [1.29, 1.82) is 0 Å². The topological polar surface area (TPSA) is 26.7 Å². The SMILES string of the molecule is OCCN1CCCN(CC2CC2)CC1. The lowest BCUT2D eigenvalue weighted by Crippen LogP contribution is -2.33. The zero-order valence-electron chi connectivity index (χ0n) is 8.99. The first-order chi connectivity index (χ1) is 6.88. The van der Waals surface area contributed by atoms with Crippen molar-refractivity contribution < 1.29 is 5.11 Å². The van der Waals surface area contributed by atoms with E-state index < -0.39 is 0 Å². The Bertz CT molecular complexity index is 171. The molecular weight excluding hydrogens is 176 g/mol. The van der Waals surface area contributed by atoms with Crippen LogP contribution in [0.15, 0.2) is 0 Å².